The standard InChI is InChI=1S/C24H13N5O/c25-13-19(14-26)22(15-27)28-20-10-11-23-21(12-20)29-24(30-23)18-8-6-17(7-9-18)16-4-2-1-3-5-16/h1-12,28H. The van der Waals surface area contributed by atoms with Gasteiger partial charge >= 0.3 is 0 Å². The zero-order valence-electron chi connectivity index (χ0n) is 15.6. The summed E-state index contributed by atoms with van der Waals surface area (Å²) >= 11 is 0. The van der Waals surface area contributed by atoms with E-state index in [9.17, 15) is 5.26 Å². The summed E-state index contributed by atoms with van der Waals surface area (Å²) in [6.45, 7) is 0. The van der Waals surface area contributed by atoms with E-state index in [1.807, 2.05) is 48.5 Å². The van der Waals surface area contributed by atoms with Crippen LogP contribution in [0.4, 0.5) is 5.69 Å². The second kappa shape index (κ2) is 8.02. The highest BCUT2D eigenvalue weighted by molar-refractivity contribution is 5.81. The summed E-state index contributed by atoms with van der Waals surface area (Å²) in [6, 6.07) is 28.4. The Morgan fingerprint density at radius 1 is 0.767 bits per heavy atom. The summed E-state index contributed by atoms with van der Waals surface area (Å²) in [4.78, 5) is 4.53. The Balaban J connectivity index is 1.63. The SMILES string of the molecule is N#CC(C#N)=C(C#N)Nc1ccc2oc(-c3ccc(-c4ccccc4)cc3)nc2c1. The van der Waals surface area contributed by atoms with Gasteiger partial charge in [0.25, 0.3) is 0 Å². The summed E-state index contributed by atoms with van der Waals surface area (Å²) < 4.78 is 5.86. The van der Waals surface area contributed by atoms with Crippen LogP contribution in [0.5, 0.6) is 0 Å². The fraction of sp³-hybridized carbons (Fsp3) is 0. The number of aromatic nitrogens is 1. The molecule has 4 rings (SSSR count). The molecular weight excluding hydrogens is 374 g/mol. The van der Waals surface area contributed by atoms with Gasteiger partial charge in [0, 0.05) is 11.3 Å². The fourth-order valence-electron chi connectivity index (χ4n) is 2.99. The summed E-state index contributed by atoms with van der Waals surface area (Å²) in [5, 5.41) is 29.9. The highest BCUT2D eigenvalue weighted by Crippen LogP contribution is 2.28. The minimum atomic E-state index is -0.281. The second-order valence-corrected chi connectivity index (χ2v) is 6.36. The molecule has 4 aromatic rings. The number of nitriles is 3. The van der Waals surface area contributed by atoms with Crippen LogP contribution in [0.25, 0.3) is 33.7 Å². The normalized spacial score (nSPS) is 9.90. The first-order valence-corrected chi connectivity index (χ1v) is 9.00. The van der Waals surface area contributed by atoms with Gasteiger partial charge in [0.05, 0.1) is 0 Å². The minimum absolute atomic E-state index is 0.112. The van der Waals surface area contributed by atoms with Gasteiger partial charge in [0.1, 0.15) is 29.4 Å². The summed E-state index contributed by atoms with van der Waals surface area (Å²) in [7, 11) is 0. The van der Waals surface area contributed by atoms with Crippen molar-refractivity contribution in [1.82, 2.24) is 4.98 Å². The van der Waals surface area contributed by atoms with Crippen LogP contribution in [0.1, 0.15) is 0 Å². The summed E-state index contributed by atoms with van der Waals surface area (Å²) in [6.07, 6.45) is 0. The van der Waals surface area contributed by atoms with E-state index in [4.69, 9.17) is 14.9 Å². The Morgan fingerprint density at radius 3 is 2.10 bits per heavy atom. The minimum Gasteiger partial charge on any atom is -0.436 e. The summed E-state index contributed by atoms with van der Waals surface area (Å²) in [5.74, 6) is 0.479. The molecule has 1 aromatic heterocycles. The number of hydrogen-bond donors (Lipinski definition) is 1. The molecule has 1 heterocycles. The molecule has 0 aliphatic rings. The third-order valence-electron chi connectivity index (χ3n) is 4.48. The molecule has 0 amide bonds. The van der Waals surface area contributed by atoms with E-state index in [1.54, 1.807) is 30.3 Å². The number of allylic oxidation sites excluding steroid dienone is 2. The lowest BCUT2D eigenvalue weighted by molar-refractivity contribution is 0.620. The molecule has 1 N–H and O–H groups in total. The van der Waals surface area contributed by atoms with Gasteiger partial charge in [-0.3, -0.25) is 0 Å². The maximum atomic E-state index is 9.18. The topological polar surface area (TPSA) is 109 Å². The average Bonchev–Trinajstić information content (AvgIpc) is 3.23. The van der Waals surface area contributed by atoms with E-state index < -0.39 is 0 Å². The van der Waals surface area contributed by atoms with E-state index in [0.29, 0.717) is 22.7 Å². The lowest BCUT2D eigenvalue weighted by atomic mass is 10.0. The number of fused-ring (bicyclic) bond motifs is 1. The van der Waals surface area contributed by atoms with E-state index >= 15 is 0 Å². The van der Waals surface area contributed by atoms with Crippen molar-refractivity contribution in [3.63, 3.8) is 0 Å². The monoisotopic (exact) mass is 387 g/mol. The molecule has 3 aromatic carbocycles. The molecule has 140 valence electrons. The van der Waals surface area contributed by atoms with Crippen molar-refractivity contribution in [1.29, 1.82) is 15.8 Å². The number of nitrogens with zero attached hydrogens (tertiary/aromatic N) is 4. The first-order valence-electron chi connectivity index (χ1n) is 9.00. The van der Waals surface area contributed by atoms with E-state index in [0.717, 1.165) is 16.7 Å². The Morgan fingerprint density at radius 2 is 1.43 bits per heavy atom. The van der Waals surface area contributed by atoms with Gasteiger partial charge in [-0.2, -0.15) is 15.8 Å². The fourth-order valence-corrected chi connectivity index (χ4v) is 2.99. The highest BCUT2D eigenvalue weighted by Gasteiger charge is 2.11. The van der Waals surface area contributed by atoms with Gasteiger partial charge in [-0.25, -0.2) is 4.98 Å². The maximum absolute atomic E-state index is 9.18. The molecule has 0 aliphatic heterocycles. The van der Waals surface area contributed by atoms with E-state index in [1.165, 1.54) is 0 Å². The van der Waals surface area contributed by atoms with Crippen LogP contribution in [0.2, 0.25) is 0 Å². The smallest absolute Gasteiger partial charge is 0.227 e. The highest BCUT2D eigenvalue weighted by atomic mass is 16.3. The molecule has 0 fully saturated rings. The van der Waals surface area contributed by atoms with Crippen LogP contribution in [0.15, 0.2) is 88.5 Å². The lowest BCUT2D eigenvalue weighted by Gasteiger charge is -2.03. The predicted octanol–water partition coefficient (Wildman–Crippen LogP) is 5.40. The van der Waals surface area contributed by atoms with Crippen molar-refractivity contribution >= 4 is 16.8 Å². The molecule has 6 nitrogen and oxygen atoms in total. The zero-order chi connectivity index (χ0) is 20.9. The van der Waals surface area contributed by atoms with Crippen LogP contribution in [-0.4, -0.2) is 4.98 Å². The molecular formula is C24H13N5O. The number of hydrogen-bond acceptors (Lipinski definition) is 6. The lowest BCUT2D eigenvalue weighted by Crippen LogP contribution is -2.00. The Hall–Kier alpha value is -4.86. The largest absolute Gasteiger partial charge is 0.436 e. The first kappa shape index (κ1) is 18.5. The summed E-state index contributed by atoms with van der Waals surface area (Å²) in [5.41, 5.74) is 4.39. The van der Waals surface area contributed by atoms with Crippen molar-refractivity contribution in [2.45, 2.75) is 0 Å². The number of nitrogens with one attached hydrogen (secondary N) is 1. The van der Waals surface area contributed by atoms with Gasteiger partial charge in [-0.1, -0.05) is 42.5 Å². The molecule has 0 aliphatic carbocycles. The molecule has 0 spiro atoms. The zero-order valence-corrected chi connectivity index (χ0v) is 15.6. The van der Waals surface area contributed by atoms with Crippen LogP contribution in [0.3, 0.4) is 0 Å². The van der Waals surface area contributed by atoms with Crippen LogP contribution in [-0.2, 0) is 0 Å². The van der Waals surface area contributed by atoms with Gasteiger partial charge in [0.2, 0.25) is 5.89 Å². The second-order valence-electron chi connectivity index (χ2n) is 6.36. The molecule has 0 saturated carbocycles. The average molecular weight is 387 g/mol. The molecule has 0 atom stereocenters. The Kier molecular flexibility index (Phi) is 4.95. The Bertz CT molecular complexity index is 1360. The predicted molar refractivity (Wildman–Crippen MR) is 112 cm³/mol. The van der Waals surface area contributed by atoms with Gasteiger partial charge in [-0.05, 0) is 41.5 Å². The van der Waals surface area contributed by atoms with E-state index in [-0.39, 0.29) is 11.3 Å². The van der Waals surface area contributed by atoms with Gasteiger partial charge in [0.15, 0.2) is 11.2 Å². The Labute approximate surface area is 172 Å². The van der Waals surface area contributed by atoms with Gasteiger partial charge < -0.3 is 9.73 Å². The third kappa shape index (κ3) is 3.60. The van der Waals surface area contributed by atoms with Crippen LogP contribution in [0, 0.1) is 34.0 Å². The number of oxazole rings is 1. The third-order valence-corrected chi connectivity index (χ3v) is 4.48. The molecule has 0 saturated heterocycles. The molecule has 30 heavy (non-hydrogen) atoms. The van der Waals surface area contributed by atoms with Gasteiger partial charge in [-0.15, -0.1) is 0 Å². The van der Waals surface area contributed by atoms with Crippen molar-refractivity contribution in [2.75, 3.05) is 5.32 Å². The molecule has 0 unspecified atom stereocenters. The van der Waals surface area contributed by atoms with Crippen LogP contribution >= 0.6 is 0 Å². The number of rotatable bonds is 4. The number of anilines is 1. The van der Waals surface area contributed by atoms with Crippen molar-refractivity contribution in [3.05, 3.63) is 84.1 Å². The molecule has 0 bridgehead atoms. The first-order chi connectivity index (χ1) is 14.7. The van der Waals surface area contributed by atoms with E-state index in [2.05, 4.69) is 22.4 Å². The quantitative estimate of drug-likeness (QED) is 0.470. The molecule has 6 heteroatoms. The van der Waals surface area contributed by atoms with Crippen LogP contribution < -0.4 is 5.32 Å². The molecule has 0 radical (unpaired) electrons. The van der Waals surface area contributed by atoms with Crippen molar-refractivity contribution in [2.24, 2.45) is 0 Å². The number of benzene rings is 3. The van der Waals surface area contributed by atoms with Crippen molar-refractivity contribution in [3.8, 4) is 40.8 Å². The maximum Gasteiger partial charge on any atom is 0.227 e. The van der Waals surface area contributed by atoms with Crippen molar-refractivity contribution < 1.29 is 4.42 Å².